The van der Waals surface area contributed by atoms with E-state index in [0.717, 1.165) is 11.1 Å². The molecule has 26 heavy (non-hydrogen) atoms. The molecule has 0 N–H and O–H groups in total. The minimum absolute atomic E-state index is 0.124. The molecule has 0 spiro atoms. The Hall–Kier alpha value is -2.18. The average Bonchev–Trinajstić information content (AvgIpc) is 3.12. The van der Waals surface area contributed by atoms with E-state index in [2.05, 4.69) is 0 Å². The lowest BCUT2D eigenvalue weighted by molar-refractivity contribution is -0.135. The number of hydrogen-bond donors (Lipinski definition) is 0. The van der Waals surface area contributed by atoms with Crippen molar-refractivity contribution >= 4 is 15.9 Å². The third-order valence-electron chi connectivity index (χ3n) is 4.66. The molecule has 0 saturated carbocycles. The summed E-state index contributed by atoms with van der Waals surface area (Å²) >= 11 is 0. The van der Waals surface area contributed by atoms with Crippen LogP contribution in [0, 0.1) is 0 Å². The van der Waals surface area contributed by atoms with E-state index in [4.69, 9.17) is 0 Å². The minimum atomic E-state index is -3.39. The number of benzene rings is 2. The van der Waals surface area contributed by atoms with Gasteiger partial charge in [0.15, 0.2) is 0 Å². The Balaban J connectivity index is 1.85. The van der Waals surface area contributed by atoms with E-state index in [1.807, 2.05) is 60.7 Å². The molecule has 5 nitrogen and oxygen atoms in total. The van der Waals surface area contributed by atoms with Gasteiger partial charge in [-0.2, -0.15) is 4.31 Å². The molecule has 0 aliphatic carbocycles. The quantitative estimate of drug-likeness (QED) is 0.783. The highest BCUT2D eigenvalue weighted by atomic mass is 32.2. The molecule has 2 aromatic carbocycles. The molecule has 0 bridgehead atoms. The Morgan fingerprint density at radius 1 is 1.00 bits per heavy atom. The molecule has 6 heteroatoms. The van der Waals surface area contributed by atoms with E-state index < -0.39 is 16.1 Å². The first-order chi connectivity index (χ1) is 12.4. The first-order valence-corrected chi connectivity index (χ1v) is 10.6. The lowest BCUT2D eigenvalue weighted by atomic mass is 10.1. The lowest BCUT2D eigenvalue weighted by Crippen LogP contribution is -2.47. The first-order valence-electron chi connectivity index (χ1n) is 8.78. The van der Waals surface area contributed by atoms with Crippen molar-refractivity contribution in [3.8, 4) is 0 Å². The monoisotopic (exact) mass is 372 g/mol. The summed E-state index contributed by atoms with van der Waals surface area (Å²) in [5, 5.41) is 0. The van der Waals surface area contributed by atoms with Crippen LogP contribution in [0.25, 0.3) is 0 Å². The number of nitrogens with zero attached hydrogens (tertiary/aromatic N) is 2. The summed E-state index contributed by atoms with van der Waals surface area (Å²) in [5.74, 6) is -0.124. The van der Waals surface area contributed by atoms with Gasteiger partial charge in [-0.25, -0.2) is 8.42 Å². The number of carbonyl (C=O) groups is 1. The Bertz CT molecular complexity index is 796. The van der Waals surface area contributed by atoms with Crippen LogP contribution >= 0.6 is 0 Å². The van der Waals surface area contributed by atoms with Crippen LogP contribution in [0.15, 0.2) is 60.7 Å². The third kappa shape index (κ3) is 4.51. The molecule has 0 aromatic heterocycles. The first kappa shape index (κ1) is 18.6. The Kier molecular flexibility index (Phi) is 5.74. The van der Waals surface area contributed by atoms with Crippen LogP contribution in [0.1, 0.15) is 24.0 Å². The highest BCUT2D eigenvalue weighted by Crippen LogP contribution is 2.24. The molecule has 1 saturated heterocycles. The predicted octanol–water partition coefficient (Wildman–Crippen LogP) is 2.64. The van der Waals surface area contributed by atoms with E-state index in [1.54, 1.807) is 4.90 Å². The van der Waals surface area contributed by atoms with E-state index in [1.165, 1.54) is 10.6 Å². The molecule has 0 radical (unpaired) electrons. The van der Waals surface area contributed by atoms with Gasteiger partial charge in [0.1, 0.15) is 6.04 Å². The van der Waals surface area contributed by atoms with Crippen LogP contribution < -0.4 is 0 Å². The second-order valence-electron chi connectivity index (χ2n) is 6.70. The second kappa shape index (κ2) is 8.01. The molecule has 1 unspecified atom stereocenters. The van der Waals surface area contributed by atoms with Crippen molar-refractivity contribution in [2.75, 3.05) is 12.8 Å². The van der Waals surface area contributed by atoms with Gasteiger partial charge in [0.25, 0.3) is 0 Å². The summed E-state index contributed by atoms with van der Waals surface area (Å²) in [5.41, 5.74) is 2.06. The third-order valence-corrected chi connectivity index (χ3v) is 5.95. The van der Waals surface area contributed by atoms with Gasteiger partial charge in [0, 0.05) is 19.6 Å². The molecule has 3 rings (SSSR count). The Labute approximate surface area is 155 Å². The highest BCUT2D eigenvalue weighted by Gasteiger charge is 2.38. The van der Waals surface area contributed by atoms with Crippen LogP contribution in [0.2, 0.25) is 0 Å². The normalized spacial score (nSPS) is 18.0. The molecular formula is C20H24N2O3S. The van der Waals surface area contributed by atoms with Gasteiger partial charge >= 0.3 is 0 Å². The minimum Gasteiger partial charge on any atom is -0.333 e. The topological polar surface area (TPSA) is 57.7 Å². The van der Waals surface area contributed by atoms with Crippen molar-refractivity contribution in [2.24, 2.45) is 0 Å². The average molecular weight is 372 g/mol. The van der Waals surface area contributed by atoms with Crippen LogP contribution in [-0.2, 0) is 27.9 Å². The zero-order chi connectivity index (χ0) is 18.6. The van der Waals surface area contributed by atoms with E-state index in [9.17, 15) is 13.2 Å². The van der Waals surface area contributed by atoms with Crippen molar-refractivity contribution in [3.05, 3.63) is 71.8 Å². The molecule has 1 atom stereocenters. The largest absolute Gasteiger partial charge is 0.333 e. The Morgan fingerprint density at radius 2 is 1.50 bits per heavy atom. The zero-order valence-corrected chi connectivity index (χ0v) is 15.7. The molecular weight excluding hydrogens is 348 g/mol. The SMILES string of the molecule is CS(=O)(=O)N1CCCC1C(=O)N(Cc1ccccc1)Cc1ccccc1. The van der Waals surface area contributed by atoms with Crippen LogP contribution in [0.5, 0.6) is 0 Å². The van der Waals surface area contributed by atoms with Crippen molar-refractivity contribution in [1.29, 1.82) is 0 Å². The predicted molar refractivity (Wildman–Crippen MR) is 102 cm³/mol. The van der Waals surface area contributed by atoms with E-state index in [0.29, 0.717) is 32.5 Å². The smallest absolute Gasteiger partial charge is 0.241 e. The molecule has 2 aromatic rings. The van der Waals surface area contributed by atoms with E-state index >= 15 is 0 Å². The van der Waals surface area contributed by atoms with Gasteiger partial charge in [-0.15, -0.1) is 0 Å². The fourth-order valence-corrected chi connectivity index (χ4v) is 4.53. The van der Waals surface area contributed by atoms with Gasteiger partial charge in [0.05, 0.1) is 6.26 Å². The van der Waals surface area contributed by atoms with Crippen molar-refractivity contribution in [3.63, 3.8) is 0 Å². The number of hydrogen-bond acceptors (Lipinski definition) is 3. The lowest BCUT2D eigenvalue weighted by Gasteiger charge is -2.29. The van der Waals surface area contributed by atoms with E-state index in [-0.39, 0.29) is 5.91 Å². The van der Waals surface area contributed by atoms with Crippen molar-refractivity contribution in [2.45, 2.75) is 32.0 Å². The molecule has 1 amide bonds. The van der Waals surface area contributed by atoms with Crippen LogP contribution in [-0.4, -0.2) is 42.4 Å². The second-order valence-corrected chi connectivity index (χ2v) is 8.63. The number of sulfonamides is 1. The molecule has 1 aliphatic heterocycles. The summed E-state index contributed by atoms with van der Waals surface area (Å²) in [6.45, 7) is 1.34. The van der Waals surface area contributed by atoms with Gasteiger partial charge in [-0.1, -0.05) is 60.7 Å². The van der Waals surface area contributed by atoms with Crippen molar-refractivity contribution in [1.82, 2.24) is 9.21 Å². The number of carbonyl (C=O) groups excluding carboxylic acids is 1. The van der Waals surface area contributed by atoms with Crippen LogP contribution in [0.4, 0.5) is 0 Å². The van der Waals surface area contributed by atoms with Crippen LogP contribution in [0.3, 0.4) is 0 Å². The summed E-state index contributed by atoms with van der Waals surface area (Å²) < 4.78 is 25.4. The maximum absolute atomic E-state index is 13.2. The summed E-state index contributed by atoms with van der Waals surface area (Å²) in [6, 6.07) is 19.0. The molecule has 1 aliphatic rings. The standard InChI is InChI=1S/C20H24N2O3S/c1-26(24,25)22-14-8-13-19(22)20(23)21(15-17-9-4-2-5-10-17)16-18-11-6-3-7-12-18/h2-7,9-12,19H,8,13-16H2,1H3. The maximum Gasteiger partial charge on any atom is 0.241 e. The highest BCUT2D eigenvalue weighted by molar-refractivity contribution is 7.88. The number of rotatable bonds is 6. The van der Waals surface area contributed by atoms with Gasteiger partial charge in [-0.05, 0) is 24.0 Å². The number of amides is 1. The fraction of sp³-hybridized carbons (Fsp3) is 0.350. The zero-order valence-electron chi connectivity index (χ0n) is 14.9. The molecule has 1 heterocycles. The Morgan fingerprint density at radius 3 is 1.96 bits per heavy atom. The van der Waals surface area contributed by atoms with Gasteiger partial charge in [-0.3, -0.25) is 4.79 Å². The summed E-state index contributed by atoms with van der Waals surface area (Å²) in [4.78, 5) is 15.0. The molecule has 1 fully saturated rings. The molecule has 138 valence electrons. The van der Waals surface area contributed by atoms with Crippen molar-refractivity contribution < 1.29 is 13.2 Å². The maximum atomic E-state index is 13.2. The van der Waals surface area contributed by atoms with Gasteiger partial charge in [0.2, 0.25) is 15.9 Å². The summed E-state index contributed by atoms with van der Waals surface area (Å²) in [6.07, 6.45) is 2.47. The van der Waals surface area contributed by atoms with Gasteiger partial charge < -0.3 is 4.90 Å². The summed E-state index contributed by atoms with van der Waals surface area (Å²) in [7, 11) is -3.39. The fourth-order valence-electron chi connectivity index (χ4n) is 3.41.